The minimum atomic E-state index is -0.583. The summed E-state index contributed by atoms with van der Waals surface area (Å²) in [7, 11) is 0. The molecule has 8 aromatic carbocycles. The minimum absolute atomic E-state index is 0. The zero-order valence-corrected chi connectivity index (χ0v) is 34.0. The molecular formula is C46H29Cl2FeN6O6. The van der Waals surface area contributed by atoms with E-state index in [4.69, 9.17) is 23.2 Å². The summed E-state index contributed by atoms with van der Waals surface area (Å²) in [4.78, 5) is 25.5. The van der Waals surface area contributed by atoms with E-state index in [0.717, 1.165) is 0 Å². The van der Waals surface area contributed by atoms with Crippen LogP contribution >= 0.6 is 23.2 Å². The van der Waals surface area contributed by atoms with Gasteiger partial charge in [-0.15, -0.1) is 0 Å². The third kappa shape index (κ3) is 10.3. The number of nitrogens with one attached hydrogen (secondary N) is 2. The molecule has 0 aliphatic rings. The number of azo groups is 2. The van der Waals surface area contributed by atoms with Crippen molar-refractivity contribution in [3.8, 4) is 23.0 Å². The van der Waals surface area contributed by atoms with E-state index in [1.807, 2.05) is 12.1 Å². The Hall–Kier alpha value is -7.28. The first kappa shape index (κ1) is 43.3. The summed E-state index contributed by atoms with van der Waals surface area (Å²) in [5, 5.41) is 74.4. The SMILES string of the molecule is O=C(Nc1ccccc1)c1cc2ccccc2c(N=Nc2cc(Cl)ccc2[O-])c1[O-].O=C(Nc1ccccc1)c1cc2ccccc2c(N=Nc2cc(Cl)ccc2[O-])c1[O-].[Fe+3].[H+]. The van der Waals surface area contributed by atoms with Crippen LogP contribution in [0.25, 0.3) is 21.5 Å². The predicted octanol–water partition coefficient (Wildman–Crippen LogP) is 10.7. The zero-order chi connectivity index (χ0) is 42.2. The number of hydrogen-bond acceptors (Lipinski definition) is 10. The van der Waals surface area contributed by atoms with Crippen LogP contribution in [-0.4, -0.2) is 11.8 Å². The van der Waals surface area contributed by atoms with Gasteiger partial charge in [0.05, 0.1) is 22.7 Å². The molecule has 0 bridgehead atoms. The third-order valence-corrected chi connectivity index (χ3v) is 9.33. The third-order valence-electron chi connectivity index (χ3n) is 8.86. The zero-order valence-electron chi connectivity index (χ0n) is 32.4. The maximum atomic E-state index is 13.1. The Morgan fingerprint density at radius 3 is 1.21 bits per heavy atom. The van der Waals surface area contributed by atoms with E-state index in [9.17, 15) is 30.0 Å². The van der Waals surface area contributed by atoms with Crippen LogP contribution in [0.4, 0.5) is 34.1 Å². The van der Waals surface area contributed by atoms with Gasteiger partial charge in [-0.1, -0.05) is 143 Å². The van der Waals surface area contributed by atoms with E-state index >= 15 is 0 Å². The quantitative estimate of drug-likeness (QED) is 0.112. The second-order valence-electron chi connectivity index (χ2n) is 12.9. The summed E-state index contributed by atoms with van der Waals surface area (Å²) >= 11 is 11.8. The Kier molecular flexibility index (Phi) is 13.9. The molecule has 0 heterocycles. The van der Waals surface area contributed by atoms with Crippen molar-refractivity contribution in [3.05, 3.63) is 179 Å². The first-order chi connectivity index (χ1) is 29.0. The number of fused-ring (bicyclic) bond motifs is 2. The van der Waals surface area contributed by atoms with Crippen molar-refractivity contribution in [3.63, 3.8) is 0 Å². The van der Waals surface area contributed by atoms with Crippen LogP contribution in [0.3, 0.4) is 0 Å². The van der Waals surface area contributed by atoms with Crippen molar-refractivity contribution < 1.29 is 48.5 Å². The van der Waals surface area contributed by atoms with Gasteiger partial charge in [-0.05, 0) is 71.4 Å². The maximum absolute atomic E-state index is 13.1. The number of anilines is 2. The average molecular weight is 889 g/mol. The maximum Gasteiger partial charge on any atom is 3.00 e. The van der Waals surface area contributed by atoms with E-state index in [-0.39, 0.29) is 63.9 Å². The second kappa shape index (κ2) is 19.6. The molecule has 8 aromatic rings. The molecule has 8 rings (SSSR count). The smallest absolute Gasteiger partial charge is 0.871 e. The number of halogens is 2. The molecule has 2 N–H and O–H groups in total. The van der Waals surface area contributed by atoms with E-state index in [1.54, 1.807) is 97.1 Å². The molecule has 0 atom stereocenters. The molecule has 61 heavy (non-hydrogen) atoms. The molecule has 0 saturated heterocycles. The Morgan fingerprint density at radius 1 is 0.459 bits per heavy atom. The predicted molar refractivity (Wildman–Crippen MR) is 227 cm³/mol. The fourth-order valence-corrected chi connectivity index (χ4v) is 6.27. The number of carbonyl (C=O) groups excluding carboxylic acids is 2. The van der Waals surface area contributed by atoms with Gasteiger partial charge in [0.25, 0.3) is 11.8 Å². The van der Waals surface area contributed by atoms with Crippen LogP contribution < -0.4 is 31.1 Å². The molecular weight excluding hydrogens is 859 g/mol. The Morgan fingerprint density at radius 2 is 0.820 bits per heavy atom. The van der Waals surface area contributed by atoms with E-state index in [1.165, 1.54) is 48.5 Å². The number of rotatable bonds is 8. The first-order valence-electron chi connectivity index (χ1n) is 18.0. The van der Waals surface area contributed by atoms with Crippen molar-refractivity contribution in [1.29, 1.82) is 0 Å². The standard InChI is InChI=1S/2C23H16ClN3O3.Fe/c2*24-15-10-11-20(28)19(13-15)26-27-21-17-9-5-4-6-14(17)12-18(22(21)29)23(30)25-16-7-2-1-3-8-16;/h2*1-13,28-29H,(H,25,30);/q;;+3/p-3. The molecule has 15 heteroatoms. The monoisotopic (exact) mass is 887 g/mol. The van der Waals surface area contributed by atoms with Crippen LogP contribution in [0.1, 0.15) is 22.1 Å². The molecule has 0 aliphatic heterocycles. The molecule has 0 spiro atoms. The average Bonchev–Trinajstić information content (AvgIpc) is 3.25. The summed E-state index contributed by atoms with van der Waals surface area (Å²) in [6.45, 7) is 0. The summed E-state index contributed by atoms with van der Waals surface area (Å²) in [5.41, 5.74) is 0.952. The van der Waals surface area contributed by atoms with Crippen molar-refractivity contribution in [1.82, 2.24) is 0 Å². The van der Waals surface area contributed by atoms with E-state index in [2.05, 4.69) is 31.1 Å². The van der Waals surface area contributed by atoms with Crippen molar-refractivity contribution in [2.45, 2.75) is 0 Å². The van der Waals surface area contributed by atoms with Crippen LogP contribution in [0.5, 0.6) is 23.0 Å². The molecule has 0 unspecified atom stereocenters. The van der Waals surface area contributed by atoms with Gasteiger partial charge < -0.3 is 31.1 Å². The van der Waals surface area contributed by atoms with Crippen LogP contribution in [0.2, 0.25) is 10.0 Å². The number of amides is 2. The number of nitrogens with zero attached hydrogens (tertiary/aromatic N) is 4. The Balaban J connectivity index is 0.000000227. The van der Waals surface area contributed by atoms with Gasteiger partial charge in [-0.25, -0.2) is 0 Å². The summed E-state index contributed by atoms with van der Waals surface area (Å²) in [6, 6.07) is 42.9. The van der Waals surface area contributed by atoms with Gasteiger partial charge in [0.2, 0.25) is 0 Å². The summed E-state index contributed by atoms with van der Waals surface area (Å²) < 4.78 is 0. The fourth-order valence-electron chi connectivity index (χ4n) is 5.94. The Labute approximate surface area is 370 Å². The van der Waals surface area contributed by atoms with E-state index < -0.39 is 23.3 Å². The second-order valence-corrected chi connectivity index (χ2v) is 13.8. The van der Waals surface area contributed by atoms with Crippen molar-refractivity contribution in [2.24, 2.45) is 20.5 Å². The number of benzene rings is 8. The molecule has 12 nitrogen and oxygen atoms in total. The topological polar surface area (TPSA) is 200 Å². The molecule has 2 amide bonds. The molecule has 0 aromatic heterocycles. The Bertz CT molecular complexity index is 2760. The summed E-state index contributed by atoms with van der Waals surface area (Å²) in [6.07, 6.45) is 0. The molecule has 0 aliphatic carbocycles. The van der Waals surface area contributed by atoms with Gasteiger partial charge in [0.1, 0.15) is 0 Å². The van der Waals surface area contributed by atoms with Crippen molar-refractivity contribution in [2.75, 3.05) is 10.6 Å². The molecule has 301 valence electrons. The number of para-hydroxylation sites is 2. The van der Waals surface area contributed by atoms with Crippen LogP contribution in [-0.2, 0) is 17.1 Å². The van der Waals surface area contributed by atoms with E-state index in [0.29, 0.717) is 43.0 Å². The number of carbonyl (C=O) groups is 2. The van der Waals surface area contributed by atoms with Gasteiger partial charge in [0, 0.05) is 43.3 Å². The summed E-state index contributed by atoms with van der Waals surface area (Å²) in [5.74, 6) is -3.03. The normalized spacial score (nSPS) is 10.9. The molecule has 1 radical (unpaired) electrons. The van der Waals surface area contributed by atoms with Crippen LogP contribution in [0.15, 0.2) is 178 Å². The van der Waals surface area contributed by atoms with Crippen molar-refractivity contribution >= 4 is 90.7 Å². The minimum Gasteiger partial charge on any atom is -0.871 e. The molecule has 0 saturated carbocycles. The van der Waals surface area contributed by atoms with Gasteiger partial charge in [0.15, 0.2) is 0 Å². The van der Waals surface area contributed by atoms with Crippen LogP contribution in [0, 0.1) is 0 Å². The van der Waals surface area contributed by atoms with Gasteiger partial charge in [-0.3, -0.25) is 9.59 Å². The fraction of sp³-hybridized carbons (Fsp3) is 0. The first-order valence-corrected chi connectivity index (χ1v) is 18.8. The molecule has 0 fully saturated rings. The van der Waals surface area contributed by atoms with Gasteiger partial charge >= 0.3 is 18.5 Å². The largest absolute Gasteiger partial charge is 3.00 e. The number of hydrogen-bond donors (Lipinski definition) is 2. The van der Waals surface area contributed by atoms with Gasteiger partial charge in [-0.2, -0.15) is 20.5 Å².